The van der Waals surface area contributed by atoms with Crippen LogP contribution in [0.15, 0.2) is 18.2 Å². The molecule has 1 aliphatic heterocycles. The SMILES string of the molecule is CCOc1ccc(C(C)(O)C2CCCN2)cc1Cl. The summed E-state index contributed by atoms with van der Waals surface area (Å²) in [5, 5.41) is 14.5. The van der Waals surface area contributed by atoms with Gasteiger partial charge < -0.3 is 15.2 Å². The van der Waals surface area contributed by atoms with Crippen LogP contribution in [0.3, 0.4) is 0 Å². The van der Waals surface area contributed by atoms with Gasteiger partial charge >= 0.3 is 0 Å². The second-order valence-corrected chi connectivity index (χ2v) is 5.28. The maximum Gasteiger partial charge on any atom is 0.137 e. The molecule has 1 aliphatic rings. The van der Waals surface area contributed by atoms with Gasteiger partial charge in [-0.15, -0.1) is 0 Å². The van der Waals surface area contributed by atoms with Gasteiger partial charge in [0.2, 0.25) is 0 Å². The number of halogens is 1. The lowest BCUT2D eigenvalue weighted by molar-refractivity contribution is 0.0218. The molecule has 100 valence electrons. The lowest BCUT2D eigenvalue weighted by atomic mass is 9.87. The Bertz CT molecular complexity index is 414. The first-order valence-electron chi connectivity index (χ1n) is 6.44. The van der Waals surface area contributed by atoms with Crippen molar-refractivity contribution in [2.45, 2.75) is 38.3 Å². The highest BCUT2D eigenvalue weighted by molar-refractivity contribution is 6.32. The molecule has 0 bridgehead atoms. The molecule has 0 aromatic heterocycles. The van der Waals surface area contributed by atoms with E-state index in [1.807, 2.05) is 26.0 Å². The van der Waals surface area contributed by atoms with Crippen LogP contribution in [0, 0.1) is 0 Å². The highest BCUT2D eigenvalue weighted by Crippen LogP contribution is 2.34. The second-order valence-electron chi connectivity index (χ2n) is 4.87. The van der Waals surface area contributed by atoms with E-state index in [4.69, 9.17) is 16.3 Å². The molecule has 1 saturated heterocycles. The Morgan fingerprint density at radius 3 is 2.89 bits per heavy atom. The van der Waals surface area contributed by atoms with Crippen LogP contribution in [0.25, 0.3) is 0 Å². The second kappa shape index (κ2) is 5.47. The summed E-state index contributed by atoms with van der Waals surface area (Å²) >= 11 is 6.16. The number of rotatable bonds is 4. The zero-order valence-electron chi connectivity index (χ0n) is 10.9. The third-order valence-electron chi connectivity index (χ3n) is 3.56. The molecule has 4 heteroatoms. The minimum atomic E-state index is -0.898. The van der Waals surface area contributed by atoms with Gasteiger partial charge in [-0.05, 0) is 50.9 Å². The average Bonchev–Trinajstić information content (AvgIpc) is 2.86. The highest BCUT2D eigenvalue weighted by Gasteiger charge is 2.35. The zero-order chi connectivity index (χ0) is 13.2. The summed E-state index contributed by atoms with van der Waals surface area (Å²) < 4.78 is 5.40. The predicted octanol–water partition coefficient (Wildman–Crippen LogP) is 2.70. The lowest BCUT2D eigenvalue weighted by Gasteiger charge is -2.31. The van der Waals surface area contributed by atoms with Crippen LogP contribution >= 0.6 is 11.6 Å². The van der Waals surface area contributed by atoms with E-state index in [-0.39, 0.29) is 6.04 Å². The van der Waals surface area contributed by atoms with Gasteiger partial charge in [-0.25, -0.2) is 0 Å². The molecule has 2 rings (SSSR count). The number of hydrogen-bond donors (Lipinski definition) is 2. The van der Waals surface area contributed by atoms with E-state index in [0.29, 0.717) is 17.4 Å². The van der Waals surface area contributed by atoms with Crippen molar-refractivity contribution in [3.05, 3.63) is 28.8 Å². The molecule has 0 radical (unpaired) electrons. The number of ether oxygens (including phenoxy) is 1. The molecule has 18 heavy (non-hydrogen) atoms. The Balaban J connectivity index is 2.24. The maximum absolute atomic E-state index is 10.7. The third-order valence-corrected chi connectivity index (χ3v) is 3.85. The maximum atomic E-state index is 10.7. The molecule has 1 fully saturated rings. The van der Waals surface area contributed by atoms with Gasteiger partial charge in [-0.3, -0.25) is 0 Å². The average molecular weight is 270 g/mol. The molecule has 0 aliphatic carbocycles. The van der Waals surface area contributed by atoms with Crippen LogP contribution in [-0.4, -0.2) is 24.3 Å². The molecule has 0 spiro atoms. The molecule has 0 saturated carbocycles. The normalized spacial score (nSPS) is 22.8. The van der Waals surface area contributed by atoms with Crippen LogP contribution in [-0.2, 0) is 5.60 Å². The summed E-state index contributed by atoms with van der Waals surface area (Å²) in [6.45, 7) is 5.30. The Labute approximate surface area is 113 Å². The smallest absolute Gasteiger partial charge is 0.137 e. The topological polar surface area (TPSA) is 41.5 Å². The summed E-state index contributed by atoms with van der Waals surface area (Å²) in [6.07, 6.45) is 2.09. The van der Waals surface area contributed by atoms with Gasteiger partial charge in [0.1, 0.15) is 11.4 Å². The van der Waals surface area contributed by atoms with Gasteiger partial charge in [-0.1, -0.05) is 17.7 Å². The van der Waals surface area contributed by atoms with Crippen molar-refractivity contribution in [1.29, 1.82) is 0 Å². The molecule has 1 heterocycles. The van der Waals surface area contributed by atoms with E-state index in [0.717, 1.165) is 24.9 Å². The van der Waals surface area contributed by atoms with Crippen molar-refractivity contribution in [2.75, 3.05) is 13.2 Å². The van der Waals surface area contributed by atoms with Crippen LogP contribution in [0.4, 0.5) is 0 Å². The minimum Gasteiger partial charge on any atom is -0.492 e. The van der Waals surface area contributed by atoms with Crippen LogP contribution in [0.2, 0.25) is 5.02 Å². The summed E-state index contributed by atoms with van der Waals surface area (Å²) in [5.74, 6) is 0.665. The van der Waals surface area contributed by atoms with Crippen molar-refractivity contribution < 1.29 is 9.84 Å². The van der Waals surface area contributed by atoms with E-state index in [2.05, 4.69) is 5.32 Å². The molecule has 1 aromatic rings. The van der Waals surface area contributed by atoms with E-state index < -0.39 is 5.60 Å². The molecule has 2 unspecified atom stereocenters. The van der Waals surface area contributed by atoms with Gasteiger partial charge in [0.25, 0.3) is 0 Å². The van der Waals surface area contributed by atoms with E-state index in [9.17, 15) is 5.11 Å². The fraction of sp³-hybridized carbons (Fsp3) is 0.571. The fourth-order valence-electron chi connectivity index (χ4n) is 2.45. The molecular weight excluding hydrogens is 250 g/mol. The first-order valence-corrected chi connectivity index (χ1v) is 6.82. The van der Waals surface area contributed by atoms with Gasteiger partial charge in [0.15, 0.2) is 0 Å². The Morgan fingerprint density at radius 2 is 2.33 bits per heavy atom. The Morgan fingerprint density at radius 1 is 1.56 bits per heavy atom. The van der Waals surface area contributed by atoms with Crippen molar-refractivity contribution in [3.8, 4) is 5.75 Å². The molecule has 3 nitrogen and oxygen atoms in total. The largest absolute Gasteiger partial charge is 0.492 e. The lowest BCUT2D eigenvalue weighted by Crippen LogP contribution is -2.42. The molecule has 1 aromatic carbocycles. The van der Waals surface area contributed by atoms with E-state index in [1.54, 1.807) is 6.07 Å². The number of benzene rings is 1. The first-order chi connectivity index (χ1) is 8.55. The molecular formula is C14H20ClNO2. The zero-order valence-corrected chi connectivity index (χ0v) is 11.6. The monoisotopic (exact) mass is 269 g/mol. The van der Waals surface area contributed by atoms with Crippen LogP contribution in [0.5, 0.6) is 5.75 Å². The van der Waals surface area contributed by atoms with Gasteiger partial charge in [-0.2, -0.15) is 0 Å². The summed E-state index contributed by atoms with van der Waals surface area (Å²) in [6, 6.07) is 5.60. The van der Waals surface area contributed by atoms with Gasteiger partial charge in [0.05, 0.1) is 11.6 Å². The Hall–Kier alpha value is -0.770. The quantitative estimate of drug-likeness (QED) is 0.883. The standard InChI is InChI=1S/C14H20ClNO2/c1-3-18-12-7-6-10(9-11(12)15)14(2,17)13-5-4-8-16-13/h6-7,9,13,16-17H,3-5,8H2,1-2H3. The van der Waals surface area contributed by atoms with Crippen molar-refractivity contribution >= 4 is 11.6 Å². The number of hydrogen-bond acceptors (Lipinski definition) is 3. The fourth-order valence-corrected chi connectivity index (χ4v) is 2.69. The number of aliphatic hydroxyl groups is 1. The van der Waals surface area contributed by atoms with Crippen molar-refractivity contribution in [3.63, 3.8) is 0 Å². The minimum absolute atomic E-state index is 0.0894. The summed E-state index contributed by atoms with van der Waals surface area (Å²) in [5.41, 5.74) is -0.0689. The Kier molecular flexibility index (Phi) is 4.15. The van der Waals surface area contributed by atoms with Crippen LogP contribution in [0.1, 0.15) is 32.3 Å². The van der Waals surface area contributed by atoms with Gasteiger partial charge in [0, 0.05) is 6.04 Å². The molecule has 2 atom stereocenters. The summed E-state index contributed by atoms with van der Waals surface area (Å²) in [7, 11) is 0. The highest BCUT2D eigenvalue weighted by atomic mass is 35.5. The van der Waals surface area contributed by atoms with Crippen molar-refractivity contribution in [1.82, 2.24) is 5.32 Å². The first kappa shape index (κ1) is 13.7. The summed E-state index contributed by atoms with van der Waals surface area (Å²) in [4.78, 5) is 0. The van der Waals surface area contributed by atoms with Crippen LogP contribution < -0.4 is 10.1 Å². The number of nitrogens with one attached hydrogen (secondary N) is 1. The van der Waals surface area contributed by atoms with Crippen molar-refractivity contribution in [2.24, 2.45) is 0 Å². The predicted molar refractivity (Wildman–Crippen MR) is 73.2 cm³/mol. The third kappa shape index (κ3) is 2.63. The van der Waals surface area contributed by atoms with E-state index in [1.165, 1.54) is 0 Å². The molecule has 2 N–H and O–H groups in total. The van der Waals surface area contributed by atoms with E-state index >= 15 is 0 Å². The molecule has 0 amide bonds.